The fourth-order valence-corrected chi connectivity index (χ4v) is 3.33. The molecule has 0 aliphatic carbocycles. The molecular weight excluding hydrogens is 414 g/mol. The van der Waals surface area contributed by atoms with Crippen LogP contribution < -0.4 is 19.5 Å². The first-order valence-electron chi connectivity index (χ1n) is 10.1. The maximum Gasteiger partial charge on any atom is 0.412 e. The molecular formula is C24H23NO7. The van der Waals surface area contributed by atoms with Crippen molar-refractivity contribution in [3.05, 3.63) is 78.4 Å². The average Bonchev–Trinajstić information content (AvgIpc) is 3.27. The van der Waals surface area contributed by atoms with E-state index in [-0.39, 0.29) is 25.6 Å². The van der Waals surface area contributed by atoms with E-state index in [0.717, 1.165) is 0 Å². The van der Waals surface area contributed by atoms with E-state index in [1.165, 1.54) is 12.1 Å². The number of anilines is 1. The average molecular weight is 437 g/mol. The van der Waals surface area contributed by atoms with Gasteiger partial charge in [0, 0.05) is 24.8 Å². The van der Waals surface area contributed by atoms with E-state index in [1.807, 2.05) is 18.2 Å². The van der Waals surface area contributed by atoms with E-state index in [4.69, 9.17) is 18.9 Å². The van der Waals surface area contributed by atoms with Crippen molar-refractivity contribution in [2.24, 2.45) is 0 Å². The van der Waals surface area contributed by atoms with Gasteiger partial charge in [-0.05, 0) is 42.0 Å². The van der Waals surface area contributed by atoms with Gasteiger partial charge in [-0.3, -0.25) is 5.32 Å². The number of benzene rings is 3. The number of fused-ring (bicyclic) bond motifs is 1. The Morgan fingerprint density at radius 2 is 1.75 bits per heavy atom. The molecule has 0 unspecified atom stereocenters. The minimum Gasteiger partial charge on any atom is -0.508 e. The Bertz CT molecular complexity index is 1040. The minimum absolute atomic E-state index is 0.0833. The zero-order chi connectivity index (χ0) is 22.3. The number of hydrogen-bond acceptors (Lipinski definition) is 7. The zero-order valence-corrected chi connectivity index (χ0v) is 17.1. The number of phenolic OH excluding ortho intramolecular Hbond substituents is 1. The summed E-state index contributed by atoms with van der Waals surface area (Å²) in [6, 6.07) is 20.4. The fourth-order valence-electron chi connectivity index (χ4n) is 3.33. The van der Waals surface area contributed by atoms with Crippen LogP contribution in [0.4, 0.5) is 10.5 Å². The fraction of sp³-hybridized carbons (Fsp3) is 0.208. The Hall–Kier alpha value is -3.91. The van der Waals surface area contributed by atoms with E-state index in [2.05, 4.69) is 5.32 Å². The lowest BCUT2D eigenvalue weighted by atomic mass is 10.0. The second-order valence-corrected chi connectivity index (χ2v) is 7.09. The molecule has 166 valence electrons. The van der Waals surface area contributed by atoms with Crippen LogP contribution >= 0.6 is 0 Å². The first-order chi connectivity index (χ1) is 15.6. The third kappa shape index (κ3) is 5.22. The SMILES string of the molecule is O=C(Nc1ccc2c(c1)OCO2)O[C@@H](c1ccc(O)cc1)[C@H](CCO)Oc1ccccc1. The molecule has 3 aromatic carbocycles. The molecule has 0 radical (unpaired) electrons. The number of hydrogen-bond donors (Lipinski definition) is 3. The molecule has 3 N–H and O–H groups in total. The summed E-state index contributed by atoms with van der Waals surface area (Å²) in [6.07, 6.45) is -2.01. The molecule has 0 aromatic heterocycles. The van der Waals surface area contributed by atoms with Crippen molar-refractivity contribution in [1.82, 2.24) is 0 Å². The van der Waals surface area contributed by atoms with Gasteiger partial charge in [-0.2, -0.15) is 0 Å². The number of para-hydroxylation sites is 1. The Balaban J connectivity index is 1.55. The first-order valence-corrected chi connectivity index (χ1v) is 10.1. The number of nitrogens with one attached hydrogen (secondary N) is 1. The molecule has 1 aliphatic rings. The largest absolute Gasteiger partial charge is 0.508 e. The lowest BCUT2D eigenvalue weighted by Crippen LogP contribution is -2.31. The minimum atomic E-state index is -0.850. The normalized spacial score (nSPS) is 13.8. The molecule has 3 aromatic rings. The lowest BCUT2D eigenvalue weighted by Gasteiger charge is -2.28. The van der Waals surface area contributed by atoms with Gasteiger partial charge in [-0.1, -0.05) is 30.3 Å². The molecule has 0 spiro atoms. The summed E-state index contributed by atoms with van der Waals surface area (Å²) in [7, 11) is 0. The van der Waals surface area contributed by atoms with Gasteiger partial charge in [-0.15, -0.1) is 0 Å². The highest BCUT2D eigenvalue weighted by Gasteiger charge is 2.29. The predicted octanol–water partition coefficient (Wildman–Crippen LogP) is 4.24. The van der Waals surface area contributed by atoms with Gasteiger partial charge in [0.1, 0.15) is 17.6 Å². The van der Waals surface area contributed by atoms with E-state index < -0.39 is 18.3 Å². The number of rotatable bonds is 8. The molecule has 1 aliphatic heterocycles. The molecule has 0 saturated carbocycles. The highest BCUT2D eigenvalue weighted by Crippen LogP contribution is 2.35. The number of carbonyl (C=O) groups excluding carboxylic acids is 1. The summed E-state index contributed by atoms with van der Waals surface area (Å²) in [5.41, 5.74) is 1.09. The van der Waals surface area contributed by atoms with Gasteiger partial charge >= 0.3 is 6.09 Å². The highest BCUT2D eigenvalue weighted by molar-refractivity contribution is 5.85. The van der Waals surface area contributed by atoms with Crippen LogP contribution in [0, 0.1) is 0 Å². The van der Waals surface area contributed by atoms with Crippen molar-refractivity contribution in [1.29, 1.82) is 0 Å². The molecule has 8 heteroatoms. The smallest absolute Gasteiger partial charge is 0.412 e. The molecule has 2 atom stereocenters. The molecule has 1 heterocycles. The van der Waals surface area contributed by atoms with E-state index in [0.29, 0.717) is 28.5 Å². The van der Waals surface area contributed by atoms with E-state index in [1.54, 1.807) is 42.5 Å². The number of amides is 1. The monoisotopic (exact) mass is 437 g/mol. The van der Waals surface area contributed by atoms with Gasteiger partial charge in [0.05, 0.1) is 0 Å². The second kappa shape index (κ2) is 9.93. The molecule has 0 bridgehead atoms. The highest BCUT2D eigenvalue weighted by atomic mass is 16.7. The predicted molar refractivity (Wildman–Crippen MR) is 116 cm³/mol. The van der Waals surface area contributed by atoms with Crippen LogP contribution in [0.3, 0.4) is 0 Å². The number of aromatic hydroxyl groups is 1. The number of ether oxygens (including phenoxy) is 4. The van der Waals surface area contributed by atoms with Gasteiger partial charge < -0.3 is 29.2 Å². The standard InChI is InChI=1S/C24H23NO7/c26-13-12-21(31-19-4-2-1-3-5-19)23(16-6-9-18(27)10-7-16)32-24(28)25-17-8-11-20-22(14-17)30-15-29-20/h1-11,14,21,23,26-27H,12-13,15H2,(H,25,28)/t21-,23-/m0/s1. The molecule has 32 heavy (non-hydrogen) atoms. The summed E-state index contributed by atoms with van der Waals surface area (Å²) in [4.78, 5) is 12.8. The Morgan fingerprint density at radius 3 is 2.50 bits per heavy atom. The van der Waals surface area contributed by atoms with Crippen LogP contribution in [0.2, 0.25) is 0 Å². The molecule has 1 amide bonds. The Labute approximate surface area is 184 Å². The summed E-state index contributed by atoms with van der Waals surface area (Å²) < 4.78 is 22.4. The molecule has 8 nitrogen and oxygen atoms in total. The van der Waals surface area contributed by atoms with Gasteiger partial charge in [0.2, 0.25) is 6.79 Å². The van der Waals surface area contributed by atoms with Crippen LogP contribution in [-0.4, -0.2) is 35.8 Å². The Kier molecular flexibility index (Phi) is 6.62. The summed E-state index contributed by atoms with van der Waals surface area (Å²) >= 11 is 0. The number of aliphatic hydroxyl groups is 1. The van der Waals surface area contributed by atoms with Crippen molar-refractivity contribution >= 4 is 11.8 Å². The third-order valence-corrected chi connectivity index (χ3v) is 4.86. The topological polar surface area (TPSA) is 106 Å². The van der Waals surface area contributed by atoms with Crippen LogP contribution in [0.25, 0.3) is 0 Å². The van der Waals surface area contributed by atoms with Crippen molar-refractivity contribution in [3.8, 4) is 23.0 Å². The second-order valence-electron chi connectivity index (χ2n) is 7.09. The number of phenols is 1. The number of carbonyl (C=O) groups is 1. The van der Waals surface area contributed by atoms with Crippen LogP contribution in [0.15, 0.2) is 72.8 Å². The quantitative estimate of drug-likeness (QED) is 0.484. The van der Waals surface area contributed by atoms with Crippen molar-refractivity contribution in [2.45, 2.75) is 18.6 Å². The van der Waals surface area contributed by atoms with E-state index >= 15 is 0 Å². The van der Waals surface area contributed by atoms with Crippen LogP contribution in [0.5, 0.6) is 23.0 Å². The van der Waals surface area contributed by atoms with E-state index in [9.17, 15) is 15.0 Å². The van der Waals surface area contributed by atoms with Gasteiger partial charge in [0.15, 0.2) is 17.6 Å². The summed E-state index contributed by atoms with van der Waals surface area (Å²) in [6.45, 7) is -0.0367. The first kappa shape index (κ1) is 21.3. The summed E-state index contributed by atoms with van der Waals surface area (Å²) in [5, 5.41) is 21.9. The van der Waals surface area contributed by atoms with Crippen LogP contribution in [0.1, 0.15) is 18.1 Å². The Morgan fingerprint density at radius 1 is 1.00 bits per heavy atom. The van der Waals surface area contributed by atoms with Crippen molar-refractivity contribution in [2.75, 3.05) is 18.7 Å². The maximum atomic E-state index is 12.8. The lowest BCUT2D eigenvalue weighted by molar-refractivity contribution is 0.00907. The van der Waals surface area contributed by atoms with Gasteiger partial charge in [0.25, 0.3) is 0 Å². The van der Waals surface area contributed by atoms with Crippen molar-refractivity contribution in [3.63, 3.8) is 0 Å². The third-order valence-electron chi connectivity index (χ3n) is 4.86. The molecule has 0 fully saturated rings. The molecule has 4 rings (SSSR count). The summed E-state index contributed by atoms with van der Waals surface area (Å²) in [5.74, 6) is 1.79. The number of aliphatic hydroxyl groups excluding tert-OH is 1. The molecule has 0 saturated heterocycles. The van der Waals surface area contributed by atoms with Gasteiger partial charge in [-0.25, -0.2) is 4.79 Å². The van der Waals surface area contributed by atoms with Crippen molar-refractivity contribution < 1.29 is 34.0 Å². The zero-order valence-electron chi connectivity index (χ0n) is 17.1. The maximum absolute atomic E-state index is 12.8. The van der Waals surface area contributed by atoms with Crippen LogP contribution in [-0.2, 0) is 4.74 Å².